The van der Waals surface area contributed by atoms with Crippen LogP contribution in [0.25, 0.3) is 6.08 Å². The SMILES string of the molecule is O=C(O)C=Cc1cc(F)cc(CN2CC(=O)NC(=O)C2)c1. The Morgan fingerprint density at radius 3 is 2.57 bits per heavy atom. The lowest BCUT2D eigenvalue weighted by Gasteiger charge is -2.25. The van der Waals surface area contributed by atoms with Crippen molar-refractivity contribution in [3.8, 4) is 0 Å². The van der Waals surface area contributed by atoms with E-state index in [0.29, 0.717) is 11.1 Å². The molecule has 0 bridgehead atoms. The number of aliphatic carboxylic acids is 1. The number of carbonyl (C=O) groups excluding carboxylic acids is 2. The molecule has 2 amide bonds. The summed E-state index contributed by atoms with van der Waals surface area (Å²) in [5.74, 6) is -2.42. The molecule has 1 fully saturated rings. The predicted octanol–water partition coefficient (Wildman–Crippen LogP) is 0.382. The number of nitrogens with zero attached hydrogens (tertiary/aromatic N) is 1. The average Bonchev–Trinajstić information content (AvgIpc) is 2.34. The number of imide groups is 1. The van der Waals surface area contributed by atoms with Crippen molar-refractivity contribution < 1.29 is 23.9 Å². The van der Waals surface area contributed by atoms with Crippen LogP contribution in [0.1, 0.15) is 11.1 Å². The van der Waals surface area contributed by atoms with E-state index in [4.69, 9.17) is 5.11 Å². The lowest BCUT2D eigenvalue weighted by Crippen LogP contribution is -2.50. The Morgan fingerprint density at radius 1 is 1.29 bits per heavy atom. The Morgan fingerprint density at radius 2 is 1.95 bits per heavy atom. The van der Waals surface area contributed by atoms with Gasteiger partial charge in [0.05, 0.1) is 13.1 Å². The third-order valence-corrected chi connectivity index (χ3v) is 2.82. The van der Waals surface area contributed by atoms with Crippen molar-refractivity contribution in [2.24, 2.45) is 0 Å². The van der Waals surface area contributed by atoms with Gasteiger partial charge in [-0.25, -0.2) is 9.18 Å². The molecule has 0 aromatic heterocycles. The molecule has 1 aromatic rings. The highest BCUT2D eigenvalue weighted by Gasteiger charge is 2.22. The molecule has 1 aliphatic heterocycles. The summed E-state index contributed by atoms with van der Waals surface area (Å²) in [6.45, 7) is 0.343. The number of nitrogens with one attached hydrogen (secondary N) is 1. The van der Waals surface area contributed by atoms with Gasteiger partial charge < -0.3 is 5.11 Å². The first-order valence-corrected chi connectivity index (χ1v) is 6.18. The maximum Gasteiger partial charge on any atom is 0.328 e. The molecule has 0 atom stereocenters. The molecule has 1 aromatic carbocycles. The molecular formula is C14H13FN2O4. The Kier molecular flexibility index (Phi) is 4.44. The normalized spacial score (nSPS) is 16.2. The first-order chi connectivity index (χ1) is 9.92. The molecule has 2 rings (SSSR count). The molecule has 110 valence electrons. The second kappa shape index (κ2) is 6.27. The number of piperazine rings is 1. The summed E-state index contributed by atoms with van der Waals surface area (Å²) in [6.07, 6.45) is 2.19. The van der Waals surface area contributed by atoms with E-state index in [0.717, 1.165) is 6.08 Å². The minimum Gasteiger partial charge on any atom is -0.478 e. The van der Waals surface area contributed by atoms with E-state index in [9.17, 15) is 18.8 Å². The van der Waals surface area contributed by atoms with Gasteiger partial charge in [0.15, 0.2) is 0 Å². The van der Waals surface area contributed by atoms with Crippen LogP contribution in [-0.2, 0) is 20.9 Å². The number of benzene rings is 1. The number of hydrogen-bond donors (Lipinski definition) is 2. The minimum absolute atomic E-state index is 0.0581. The molecule has 6 nitrogen and oxygen atoms in total. The van der Waals surface area contributed by atoms with Crippen molar-refractivity contribution >= 4 is 23.9 Å². The summed E-state index contributed by atoms with van der Waals surface area (Å²) in [4.78, 5) is 34.6. The van der Waals surface area contributed by atoms with Crippen molar-refractivity contribution in [2.45, 2.75) is 6.54 Å². The Labute approximate surface area is 119 Å². The molecule has 1 heterocycles. The number of hydrogen-bond acceptors (Lipinski definition) is 4. The smallest absolute Gasteiger partial charge is 0.328 e. The molecule has 0 unspecified atom stereocenters. The zero-order valence-corrected chi connectivity index (χ0v) is 11.0. The van der Waals surface area contributed by atoms with Gasteiger partial charge in [-0.15, -0.1) is 0 Å². The first-order valence-electron chi connectivity index (χ1n) is 6.18. The first kappa shape index (κ1) is 14.9. The Hall–Kier alpha value is -2.54. The molecular weight excluding hydrogens is 279 g/mol. The number of carbonyl (C=O) groups is 3. The highest BCUT2D eigenvalue weighted by Crippen LogP contribution is 2.13. The van der Waals surface area contributed by atoms with Crippen molar-refractivity contribution in [3.05, 3.63) is 41.2 Å². The number of rotatable bonds is 4. The molecule has 1 saturated heterocycles. The van der Waals surface area contributed by atoms with Crippen LogP contribution in [0.5, 0.6) is 0 Å². The summed E-state index contributed by atoms with van der Waals surface area (Å²) in [5.41, 5.74) is 0.961. The molecule has 21 heavy (non-hydrogen) atoms. The van der Waals surface area contributed by atoms with Crippen LogP contribution in [0.15, 0.2) is 24.3 Å². The van der Waals surface area contributed by atoms with Crippen LogP contribution in [-0.4, -0.2) is 40.9 Å². The van der Waals surface area contributed by atoms with Crippen molar-refractivity contribution in [1.82, 2.24) is 10.2 Å². The number of amides is 2. The third-order valence-electron chi connectivity index (χ3n) is 2.82. The van der Waals surface area contributed by atoms with E-state index in [2.05, 4.69) is 5.32 Å². The van der Waals surface area contributed by atoms with E-state index in [1.165, 1.54) is 18.2 Å². The third kappa shape index (κ3) is 4.50. The maximum absolute atomic E-state index is 13.5. The zero-order valence-electron chi connectivity index (χ0n) is 11.0. The van der Waals surface area contributed by atoms with Crippen LogP contribution in [0, 0.1) is 5.82 Å². The van der Waals surface area contributed by atoms with Crippen LogP contribution in [0.3, 0.4) is 0 Å². The predicted molar refractivity (Wildman–Crippen MR) is 71.5 cm³/mol. The average molecular weight is 292 g/mol. The summed E-state index contributed by atoms with van der Waals surface area (Å²) in [5, 5.41) is 10.7. The molecule has 0 spiro atoms. The van der Waals surface area contributed by atoms with E-state index in [1.807, 2.05) is 0 Å². The zero-order chi connectivity index (χ0) is 15.4. The second-order valence-electron chi connectivity index (χ2n) is 4.68. The Balaban J connectivity index is 2.14. The van der Waals surface area contributed by atoms with Gasteiger partial charge in [-0.1, -0.05) is 6.07 Å². The van der Waals surface area contributed by atoms with Gasteiger partial charge in [0.2, 0.25) is 11.8 Å². The van der Waals surface area contributed by atoms with Crippen LogP contribution in [0.2, 0.25) is 0 Å². The van der Waals surface area contributed by atoms with E-state index in [1.54, 1.807) is 11.0 Å². The van der Waals surface area contributed by atoms with Crippen molar-refractivity contribution in [1.29, 1.82) is 0 Å². The monoisotopic (exact) mass is 292 g/mol. The topological polar surface area (TPSA) is 86.7 Å². The summed E-state index contributed by atoms with van der Waals surface area (Å²) >= 11 is 0. The van der Waals surface area contributed by atoms with E-state index in [-0.39, 0.29) is 19.6 Å². The largest absolute Gasteiger partial charge is 0.478 e. The van der Waals surface area contributed by atoms with Crippen molar-refractivity contribution in [3.63, 3.8) is 0 Å². The number of carboxylic acid groups (broad SMARTS) is 1. The summed E-state index contributed by atoms with van der Waals surface area (Å²) in [7, 11) is 0. The lowest BCUT2D eigenvalue weighted by atomic mass is 10.1. The van der Waals surface area contributed by atoms with E-state index < -0.39 is 23.6 Å². The fraction of sp³-hybridized carbons (Fsp3) is 0.214. The summed E-state index contributed by atoms with van der Waals surface area (Å²) < 4.78 is 13.5. The van der Waals surface area contributed by atoms with Crippen molar-refractivity contribution in [2.75, 3.05) is 13.1 Å². The standard InChI is InChI=1S/C14H13FN2O4/c15-11-4-9(1-2-14(20)21)3-10(5-11)6-17-7-12(18)16-13(19)8-17/h1-5H,6-8H2,(H,20,21)(H,16,18,19). The van der Waals surface area contributed by atoms with Crippen LogP contribution < -0.4 is 5.32 Å². The van der Waals surface area contributed by atoms with Gasteiger partial charge in [0.25, 0.3) is 0 Å². The molecule has 7 heteroatoms. The van der Waals surface area contributed by atoms with Crippen LogP contribution in [0.4, 0.5) is 4.39 Å². The van der Waals surface area contributed by atoms with Gasteiger partial charge in [0, 0.05) is 12.6 Å². The summed E-state index contributed by atoms with van der Waals surface area (Å²) in [6, 6.07) is 4.10. The number of carboxylic acids is 1. The van der Waals surface area contributed by atoms with Gasteiger partial charge >= 0.3 is 5.97 Å². The Bertz CT molecular complexity index is 611. The fourth-order valence-corrected chi connectivity index (χ4v) is 2.10. The quantitative estimate of drug-likeness (QED) is 0.619. The van der Waals surface area contributed by atoms with Gasteiger partial charge in [-0.05, 0) is 29.3 Å². The molecule has 0 saturated carbocycles. The molecule has 0 radical (unpaired) electrons. The lowest BCUT2D eigenvalue weighted by molar-refractivity contribution is -0.136. The molecule has 1 aliphatic rings. The van der Waals surface area contributed by atoms with E-state index >= 15 is 0 Å². The molecule has 2 N–H and O–H groups in total. The highest BCUT2D eigenvalue weighted by molar-refractivity contribution is 5.99. The molecule has 0 aliphatic carbocycles. The number of halogens is 1. The second-order valence-corrected chi connectivity index (χ2v) is 4.68. The highest BCUT2D eigenvalue weighted by atomic mass is 19.1. The van der Waals surface area contributed by atoms with Crippen LogP contribution >= 0.6 is 0 Å². The van der Waals surface area contributed by atoms with Gasteiger partial charge in [-0.2, -0.15) is 0 Å². The maximum atomic E-state index is 13.5. The van der Waals surface area contributed by atoms with Gasteiger partial charge in [0.1, 0.15) is 5.82 Å². The van der Waals surface area contributed by atoms with Gasteiger partial charge in [-0.3, -0.25) is 19.8 Å². The minimum atomic E-state index is -1.13. The fourth-order valence-electron chi connectivity index (χ4n) is 2.10.